The Kier molecular flexibility index (Phi) is 2.96. The van der Waals surface area contributed by atoms with Crippen molar-refractivity contribution in [3.63, 3.8) is 0 Å². The van der Waals surface area contributed by atoms with E-state index in [2.05, 4.69) is 25.3 Å². The normalized spacial score (nSPS) is 10.6. The number of fused-ring (bicyclic) bond motifs is 1. The lowest BCUT2D eigenvalue weighted by Gasteiger charge is -2.05. The van der Waals surface area contributed by atoms with Gasteiger partial charge in [0.2, 0.25) is 0 Å². The Labute approximate surface area is 113 Å². The quantitative estimate of drug-likeness (QED) is 0.553. The fraction of sp³-hybridized carbons (Fsp3) is 0.0833. The monoisotopic (exact) mass is 270 g/mol. The summed E-state index contributed by atoms with van der Waals surface area (Å²) in [6, 6.07) is 6.45. The minimum atomic E-state index is -0.415. The van der Waals surface area contributed by atoms with E-state index in [4.69, 9.17) is 0 Å². The lowest BCUT2D eigenvalue weighted by molar-refractivity contribution is -0.384. The van der Waals surface area contributed by atoms with Crippen LogP contribution in [0.1, 0.15) is 5.56 Å². The highest BCUT2D eigenvalue weighted by Crippen LogP contribution is 2.17. The molecule has 2 aromatic heterocycles. The van der Waals surface area contributed by atoms with E-state index >= 15 is 0 Å². The first kappa shape index (κ1) is 12.0. The molecular weight excluding hydrogens is 260 g/mol. The number of nitro benzene ring substituents is 1. The molecule has 100 valence electrons. The van der Waals surface area contributed by atoms with Crippen molar-refractivity contribution in [2.75, 3.05) is 5.32 Å². The number of nitro groups is 1. The van der Waals surface area contributed by atoms with Gasteiger partial charge in [-0.3, -0.25) is 10.1 Å². The number of hydrogen-bond donors (Lipinski definition) is 2. The Hall–Kier alpha value is -3.03. The largest absolute Gasteiger partial charge is 0.364 e. The zero-order chi connectivity index (χ0) is 13.9. The van der Waals surface area contributed by atoms with E-state index in [9.17, 15) is 10.1 Å². The highest BCUT2D eigenvalue weighted by atomic mass is 16.6. The maximum atomic E-state index is 10.7. The first-order chi connectivity index (χ1) is 9.74. The van der Waals surface area contributed by atoms with Crippen LogP contribution in [0.2, 0.25) is 0 Å². The van der Waals surface area contributed by atoms with Crippen LogP contribution < -0.4 is 5.32 Å². The molecule has 0 bridgehead atoms. The van der Waals surface area contributed by atoms with E-state index in [1.54, 1.807) is 6.07 Å². The third-order valence-electron chi connectivity index (χ3n) is 2.80. The number of aromatic amines is 1. The van der Waals surface area contributed by atoms with Crippen LogP contribution >= 0.6 is 0 Å². The zero-order valence-electron chi connectivity index (χ0n) is 10.3. The molecule has 0 aliphatic heterocycles. The van der Waals surface area contributed by atoms with E-state index < -0.39 is 4.92 Å². The number of nitrogens with zero attached hydrogens (tertiary/aromatic N) is 4. The van der Waals surface area contributed by atoms with Crippen molar-refractivity contribution < 1.29 is 4.92 Å². The summed E-state index contributed by atoms with van der Waals surface area (Å²) < 4.78 is 0. The van der Waals surface area contributed by atoms with E-state index in [1.807, 2.05) is 6.07 Å². The minimum absolute atomic E-state index is 0.0682. The second kappa shape index (κ2) is 4.92. The molecule has 8 heteroatoms. The summed E-state index contributed by atoms with van der Waals surface area (Å²) in [5, 5.41) is 13.8. The molecule has 3 aromatic rings. The van der Waals surface area contributed by atoms with Crippen LogP contribution in [0.25, 0.3) is 11.2 Å². The molecule has 0 aliphatic rings. The van der Waals surface area contributed by atoms with Crippen molar-refractivity contribution in [1.82, 2.24) is 19.9 Å². The summed E-state index contributed by atoms with van der Waals surface area (Å²) in [5.74, 6) is 0.610. The van der Waals surface area contributed by atoms with E-state index in [-0.39, 0.29) is 5.69 Å². The molecule has 0 atom stereocenters. The number of non-ortho nitro benzene ring substituents is 1. The van der Waals surface area contributed by atoms with Gasteiger partial charge >= 0.3 is 0 Å². The predicted octanol–water partition coefficient (Wildman–Crippen LogP) is 1.87. The van der Waals surface area contributed by atoms with Crippen LogP contribution in [0.3, 0.4) is 0 Å². The molecule has 0 saturated carbocycles. The minimum Gasteiger partial charge on any atom is -0.364 e. The lowest BCUT2D eigenvalue weighted by Crippen LogP contribution is -2.03. The molecule has 1 aromatic carbocycles. The van der Waals surface area contributed by atoms with Gasteiger partial charge in [0, 0.05) is 18.7 Å². The smallest absolute Gasteiger partial charge is 0.269 e. The molecular formula is C12H10N6O2. The van der Waals surface area contributed by atoms with Gasteiger partial charge < -0.3 is 10.3 Å². The van der Waals surface area contributed by atoms with Crippen molar-refractivity contribution in [2.45, 2.75) is 6.54 Å². The third-order valence-corrected chi connectivity index (χ3v) is 2.80. The molecule has 20 heavy (non-hydrogen) atoms. The second-order valence-electron chi connectivity index (χ2n) is 4.10. The first-order valence-electron chi connectivity index (χ1n) is 5.85. The van der Waals surface area contributed by atoms with Gasteiger partial charge in [-0.1, -0.05) is 12.1 Å². The fourth-order valence-electron chi connectivity index (χ4n) is 1.86. The van der Waals surface area contributed by atoms with Crippen molar-refractivity contribution in [2.24, 2.45) is 0 Å². The molecule has 0 unspecified atom stereocenters. The molecule has 2 N–H and O–H groups in total. The van der Waals surface area contributed by atoms with Crippen molar-refractivity contribution in [3.8, 4) is 0 Å². The van der Waals surface area contributed by atoms with Gasteiger partial charge in [-0.15, -0.1) is 0 Å². The summed E-state index contributed by atoms with van der Waals surface area (Å²) in [6.45, 7) is 0.423. The number of imidazole rings is 1. The van der Waals surface area contributed by atoms with Crippen molar-refractivity contribution in [1.29, 1.82) is 0 Å². The van der Waals surface area contributed by atoms with Crippen LogP contribution in [0.15, 0.2) is 36.9 Å². The molecule has 2 heterocycles. The third kappa shape index (κ3) is 2.26. The highest BCUT2D eigenvalue weighted by Gasteiger charge is 2.08. The van der Waals surface area contributed by atoms with Crippen LogP contribution in [0.5, 0.6) is 0 Å². The molecule has 0 aliphatic carbocycles. The van der Waals surface area contributed by atoms with Gasteiger partial charge in [0.05, 0.1) is 11.3 Å². The van der Waals surface area contributed by atoms with E-state index in [1.165, 1.54) is 24.8 Å². The Morgan fingerprint density at radius 1 is 1.30 bits per heavy atom. The maximum Gasteiger partial charge on any atom is 0.269 e. The number of anilines is 1. The van der Waals surface area contributed by atoms with Gasteiger partial charge in [0.1, 0.15) is 11.8 Å². The Morgan fingerprint density at radius 3 is 3.05 bits per heavy atom. The number of benzene rings is 1. The summed E-state index contributed by atoms with van der Waals surface area (Å²) in [5.41, 5.74) is 2.14. The van der Waals surface area contributed by atoms with Gasteiger partial charge in [0.25, 0.3) is 5.69 Å². The highest BCUT2D eigenvalue weighted by molar-refractivity contribution is 5.81. The molecule has 0 amide bonds. The predicted molar refractivity (Wildman–Crippen MR) is 72.1 cm³/mol. The van der Waals surface area contributed by atoms with Crippen LogP contribution in [-0.2, 0) is 6.54 Å². The molecule has 0 radical (unpaired) electrons. The summed E-state index contributed by atoms with van der Waals surface area (Å²) in [6.07, 6.45) is 2.96. The lowest BCUT2D eigenvalue weighted by atomic mass is 10.2. The molecule has 0 fully saturated rings. The van der Waals surface area contributed by atoms with E-state index in [0.29, 0.717) is 23.5 Å². The van der Waals surface area contributed by atoms with Crippen LogP contribution in [0, 0.1) is 10.1 Å². The summed E-state index contributed by atoms with van der Waals surface area (Å²) >= 11 is 0. The number of aromatic nitrogens is 4. The molecule has 3 rings (SSSR count). The van der Waals surface area contributed by atoms with Gasteiger partial charge in [-0.05, 0) is 5.56 Å². The van der Waals surface area contributed by atoms with Gasteiger partial charge in [-0.2, -0.15) is 0 Å². The second-order valence-corrected chi connectivity index (χ2v) is 4.10. The topological polar surface area (TPSA) is 110 Å². The number of rotatable bonds is 4. The SMILES string of the molecule is O=[N+]([O-])c1cccc(CNc2ncnc3nc[nH]c23)c1. The summed E-state index contributed by atoms with van der Waals surface area (Å²) in [7, 11) is 0. The zero-order valence-corrected chi connectivity index (χ0v) is 10.3. The maximum absolute atomic E-state index is 10.7. The summed E-state index contributed by atoms with van der Waals surface area (Å²) in [4.78, 5) is 25.4. The van der Waals surface area contributed by atoms with Crippen LogP contribution in [0.4, 0.5) is 11.5 Å². The first-order valence-corrected chi connectivity index (χ1v) is 5.85. The number of nitrogens with one attached hydrogen (secondary N) is 2. The van der Waals surface area contributed by atoms with Gasteiger partial charge in [-0.25, -0.2) is 15.0 Å². The average molecular weight is 270 g/mol. The Balaban J connectivity index is 1.81. The molecule has 0 spiro atoms. The van der Waals surface area contributed by atoms with Crippen molar-refractivity contribution in [3.05, 3.63) is 52.6 Å². The van der Waals surface area contributed by atoms with Gasteiger partial charge in [0.15, 0.2) is 11.5 Å². The number of hydrogen-bond acceptors (Lipinski definition) is 6. The number of H-pyrrole nitrogens is 1. The van der Waals surface area contributed by atoms with Crippen LogP contribution in [-0.4, -0.2) is 24.9 Å². The fourth-order valence-corrected chi connectivity index (χ4v) is 1.86. The molecule has 8 nitrogen and oxygen atoms in total. The Bertz CT molecular complexity index is 769. The standard InChI is InChI=1S/C12H10N6O2/c19-18(20)9-3-1-2-8(4-9)5-13-11-10-12(15-6-14-10)17-7-16-11/h1-4,6-7H,5H2,(H2,13,14,15,16,17). The van der Waals surface area contributed by atoms with E-state index in [0.717, 1.165) is 5.56 Å². The molecule has 0 saturated heterocycles. The Morgan fingerprint density at radius 2 is 2.20 bits per heavy atom. The van der Waals surface area contributed by atoms with Crippen molar-refractivity contribution >= 4 is 22.7 Å². The average Bonchev–Trinajstić information content (AvgIpc) is 2.94.